The number of morpholine rings is 1. The average molecular weight is 384 g/mol. The van der Waals surface area contributed by atoms with Crippen LogP contribution in [0.15, 0.2) is 48.5 Å². The predicted octanol–water partition coefficient (Wildman–Crippen LogP) is 2.03. The van der Waals surface area contributed by atoms with E-state index in [1.54, 1.807) is 23.1 Å². The summed E-state index contributed by atoms with van der Waals surface area (Å²) in [7, 11) is 3.03. The van der Waals surface area contributed by atoms with Crippen LogP contribution in [0.1, 0.15) is 22.0 Å². The van der Waals surface area contributed by atoms with Gasteiger partial charge in [-0.1, -0.05) is 30.3 Å². The zero-order chi connectivity index (χ0) is 19.9. The lowest BCUT2D eigenvalue weighted by Gasteiger charge is -2.33. The topological polar surface area (TPSA) is 77.1 Å². The molecular formula is C21H24N2O5. The van der Waals surface area contributed by atoms with Crippen molar-refractivity contribution in [1.29, 1.82) is 0 Å². The van der Waals surface area contributed by atoms with E-state index in [1.807, 2.05) is 30.3 Å². The summed E-state index contributed by atoms with van der Waals surface area (Å²) in [6.45, 7) is 1.35. The van der Waals surface area contributed by atoms with E-state index >= 15 is 0 Å². The summed E-state index contributed by atoms with van der Waals surface area (Å²) in [5, 5.41) is 2.67. The third-order valence-corrected chi connectivity index (χ3v) is 4.60. The molecule has 2 amide bonds. The monoisotopic (exact) mass is 384 g/mol. The molecule has 1 aliphatic rings. The second-order valence-electron chi connectivity index (χ2n) is 6.39. The minimum absolute atomic E-state index is 0.0835. The summed E-state index contributed by atoms with van der Waals surface area (Å²) < 4.78 is 16.1. The Balaban J connectivity index is 1.58. The van der Waals surface area contributed by atoms with Crippen LogP contribution >= 0.6 is 0 Å². The maximum atomic E-state index is 12.6. The van der Waals surface area contributed by atoms with Gasteiger partial charge in [0.1, 0.15) is 17.6 Å². The van der Waals surface area contributed by atoms with Crippen molar-refractivity contribution in [3.05, 3.63) is 59.7 Å². The molecule has 0 aliphatic carbocycles. The third kappa shape index (κ3) is 4.80. The van der Waals surface area contributed by atoms with Crippen LogP contribution in [-0.4, -0.2) is 57.2 Å². The minimum atomic E-state index is -0.363. The van der Waals surface area contributed by atoms with Crippen LogP contribution in [0.5, 0.6) is 11.5 Å². The quantitative estimate of drug-likeness (QED) is 0.825. The summed E-state index contributed by atoms with van der Waals surface area (Å²) in [5.74, 6) is 0.510. The fourth-order valence-electron chi connectivity index (χ4n) is 3.05. The first-order chi connectivity index (χ1) is 13.6. The molecule has 1 heterocycles. The molecule has 1 saturated heterocycles. The molecule has 0 bridgehead atoms. The van der Waals surface area contributed by atoms with Crippen molar-refractivity contribution in [1.82, 2.24) is 10.2 Å². The minimum Gasteiger partial charge on any atom is -0.497 e. The molecule has 1 N–H and O–H groups in total. The number of nitrogens with zero attached hydrogens (tertiary/aromatic N) is 1. The van der Waals surface area contributed by atoms with E-state index < -0.39 is 0 Å². The van der Waals surface area contributed by atoms with Crippen molar-refractivity contribution >= 4 is 11.8 Å². The summed E-state index contributed by atoms with van der Waals surface area (Å²) in [5.41, 5.74) is 1.40. The van der Waals surface area contributed by atoms with Gasteiger partial charge in [0.25, 0.3) is 5.91 Å². The first-order valence-electron chi connectivity index (χ1n) is 9.06. The lowest BCUT2D eigenvalue weighted by atomic mass is 10.1. The molecule has 3 rings (SSSR count). The van der Waals surface area contributed by atoms with Gasteiger partial charge in [-0.15, -0.1) is 0 Å². The van der Waals surface area contributed by atoms with E-state index in [-0.39, 0.29) is 24.5 Å². The van der Waals surface area contributed by atoms with Gasteiger partial charge < -0.3 is 24.4 Å². The largest absolute Gasteiger partial charge is 0.497 e. The number of carbonyl (C=O) groups is 2. The van der Waals surface area contributed by atoms with Gasteiger partial charge in [0.15, 0.2) is 0 Å². The Morgan fingerprint density at radius 3 is 2.43 bits per heavy atom. The van der Waals surface area contributed by atoms with E-state index in [2.05, 4.69) is 5.32 Å². The zero-order valence-corrected chi connectivity index (χ0v) is 16.0. The summed E-state index contributed by atoms with van der Waals surface area (Å²) >= 11 is 0. The molecule has 7 heteroatoms. The number of benzene rings is 2. The highest BCUT2D eigenvalue weighted by atomic mass is 16.5. The van der Waals surface area contributed by atoms with E-state index in [0.29, 0.717) is 36.8 Å². The lowest BCUT2D eigenvalue weighted by molar-refractivity contribution is -0.137. The van der Waals surface area contributed by atoms with Gasteiger partial charge in [-0.25, -0.2) is 0 Å². The van der Waals surface area contributed by atoms with E-state index in [4.69, 9.17) is 14.2 Å². The van der Waals surface area contributed by atoms with Gasteiger partial charge in [-0.3, -0.25) is 9.59 Å². The van der Waals surface area contributed by atoms with Gasteiger partial charge in [-0.2, -0.15) is 0 Å². The van der Waals surface area contributed by atoms with E-state index in [1.165, 1.54) is 14.2 Å². The smallest absolute Gasteiger partial charge is 0.251 e. The van der Waals surface area contributed by atoms with Crippen molar-refractivity contribution in [2.24, 2.45) is 0 Å². The maximum Gasteiger partial charge on any atom is 0.251 e. The number of amides is 2. The number of hydrogen-bond acceptors (Lipinski definition) is 5. The molecule has 1 atom stereocenters. The number of methoxy groups -OCH3 is 2. The molecule has 1 aliphatic heterocycles. The molecule has 7 nitrogen and oxygen atoms in total. The molecule has 2 aromatic carbocycles. The Kier molecular flexibility index (Phi) is 6.49. The average Bonchev–Trinajstić information content (AvgIpc) is 2.77. The first kappa shape index (κ1) is 19.7. The van der Waals surface area contributed by atoms with Crippen LogP contribution in [0.4, 0.5) is 0 Å². The molecule has 1 unspecified atom stereocenters. The fourth-order valence-corrected chi connectivity index (χ4v) is 3.05. The number of hydrogen-bond donors (Lipinski definition) is 1. The van der Waals surface area contributed by atoms with Crippen molar-refractivity contribution in [3.8, 4) is 11.5 Å². The lowest BCUT2D eigenvalue weighted by Crippen LogP contribution is -2.46. The van der Waals surface area contributed by atoms with Gasteiger partial charge in [0.2, 0.25) is 5.91 Å². The summed E-state index contributed by atoms with van der Waals surface area (Å²) in [6.07, 6.45) is -0.155. The Morgan fingerprint density at radius 1 is 1.11 bits per heavy atom. The molecule has 0 spiro atoms. The number of ether oxygens (including phenoxy) is 3. The van der Waals surface area contributed by atoms with Crippen LogP contribution in [0.3, 0.4) is 0 Å². The summed E-state index contributed by atoms with van der Waals surface area (Å²) in [4.78, 5) is 26.7. The highest BCUT2D eigenvalue weighted by Gasteiger charge is 2.25. The molecule has 0 saturated carbocycles. The Morgan fingerprint density at radius 2 is 1.79 bits per heavy atom. The van der Waals surface area contributed by atoms with Gasteiger partial charge >= 0.3 is 0 Å². The number of rotatable bonds is 6. The molecule has 0 radical (unpaired) electrons. The second-order valence-corrected chi connectivity index (χ2v) is 6.39. The van der Waals surface area contributed by atoms with Crippen molar-refractivity contribution in [3.63, 3.8) is 0 Å². The predicted molar refractivity (Wildman–Crippen MR) is 104 cm³/mol. The van der Waals surface area contributed by atoms with Gasteiger partial charge in [-0.05, 0) is 17.7 Å². The highest BCUT2D eigenvalue weighted by molar-refractivity contribution is 5.97. The first-order valence-corrected chi connectivity index (χ1v) is 9.06. The third-order valence-electron chi connectivity index (χ3n) is 4.60. The Bertz CT molecular complexity index is 803. The molecule has 148 valence electrons. The normalized spacial score (nSPS) is 16.4. The van der Waals surface area contributed by atoms with Gasteiger partial charge in [0, 0.05) is 18.2 Å². The standard InChI is InChI=1S/C21H24N2O5/c1-26-17-10-16(11-18(12-17)27-2)21(25)22-13-20(24)23-8-9-28-19(14-23)15-6-4-3-5-7-15/h3-7,10-12,19H,8-9,13-14H2,1-2H3,(H,22,25). The number of carbonyl (C=O) groups excluding carboxylic acids is 2. The SMILES string of the molecule is COc1cc(OC)cc(C(=O)NCC(=O)N2CCOC(c3ccccc3)C2)c1. The fraction of sp³-hybridized carbons (Fsp3) is 0.333. The molecule has 0 aromatic heterocycles. The highest BCUT2D eigenvalue weighted by Crippen LogP contribution is 2.23. The van der Waals surface area contributed by atoms with Crippen LogP contribution < -0.4 is 14.8 Å². The van der Waals surface area contributed by atoms with Crippen LogP contribution in [-0.2, 0) is 9.53 Å². The molecule has 28 heavy (non-hydrogen) atoms. The number of nitrogens with one attached hydrogen (secondary N) is 1. The van der Waals surface area contributed by atoms with Crippen molar-refractivity contribution in [2.75, 3.05) is 40.5 Å². The Labute approximate surface area is 164 Å². The van der Waals surface area contributed by atoms with Crippen molar-refractivity contribution in [2.45, 2.75) is 6.10 Å². The Hall–Kier alpha value is -3.06. The molecule has 1 fully saturated rings. The summed E-state index contributed by atoms with van der Waals surface area (Å²) in [6, 6.07) is 14.7. The van der Waals surface area contributed by atoms with E-state index in [9.17, 15) is 9.59 Å². The second kappa shape index (κ2) is 9.23. The molecule has 2 aromatic rings. The maximum absolute atomic E-state index is 12.6. The molecular weight excluding hydrogens is 360 g/mol. The van der Waals surface area contributed by atoms with Crippen LogP contribution in [0, 0.1) is 0 Å². The van der Waals surface area contributed by atoms with Crippen molar-refractivity contribution < 1.29 is 23.8 Å². The van der Waals surface area contributed by atoms with E-state index in [0.717, 1.165) is 5.56 Å². The zero-order valence-electron chi connectivity index (χ0n) is 16.0. The van der Waals surface area contributed by atoms with Crippen LogP contribution in [0.25, 0.3) is 0 Å². The van der Waals surface area contributed by atoms with Crippen LogP contribution in [0.2, 0.25) is 0 Å². The van der Waals surface area contributed by atoms with Gasteiger partial charge in [0.05, 0.1) is 33.9 Å².